The first kappa shape index (κ1) is 15.5. The average molecular weight is 332 g/mol. The van der Waals surface area contributed by atoms with Gasteiger partial charge in [0.2, 0.25) is 5.91 Å². The summed E-state index contributed by atoms with van der Waals surface area (Å²) in [5, 5.41) is 14.0. The van der Waals surface area contributed by atoms with E-state index < -0.39 is 16.9 Å². The van der Waals surface area contributed by atoms with Gasteiger partial charge in [-0.3, -0.25) is 24.6 Å². The second-order valence-corrected chi connectivity index (χ2v) is 5.38. The highest BCUT2D eigenvalue weighted by atomic mass is 35.5. The molecule has 1 aromatic rings. The van der Waals surface area contributed by atoms with Gasteiger partial charge >= 0.3 is 0 Å². The van der Waals surface area contributed by atoms with Crippen LogP contribution in [0.15, 0.2) is 12.1 Å². The van der Waals surface area contributed by atoms with Crippen LogP contribution in [-0.4, -0.2) is 34.7 Å². The van der Waals surface area contributed by atoms with Crippen LogP contribution in [0.25, 0.3) is 0 Å². The Morgan fingerprint density at radius 1 is 1.33 bits per heavy atom. The van der Waals surface area contributed by atoms with Crippen molar-refractivity contribution in [3.63, 3.8) is 0 Å². The van der Waals surface area contributed by atoms with Gasteiger partial charge in [-0.2, -0.15) is 0 Å². The van der Waals surface area contributed by atoms with Gasteiger partial charge in [0.05, 0.1) is 15.0 Å². The number of amides is 2. The van der Waals surface area contributed by atoms with E-state index in [0.717, 1.165) is 11.0 Å². The molecule has 2 rings (SSSR count). The van der Waals surface area contributed by atoms with Gasteiger partial charge < -0.3 is 5.32 Å². The molecule has 1 fully saturated rings. The molecule has 112 valence electrons. The summed E-state index contributed by atoms with van der Waals surface area (Å²) in [5.41, 5.74) is -0.188. The van der Waals surface area contributed by atoms with Crippen LogP contribution in [-0.2, 0) is 9.59 Å². The number of likely N-dealkylation sites (tertiary alicyclic amines) is 1. The van der Waals surface area contributed by atoms with E-state index in [2.05, 4.69) is 5.32 Å². The van der Waals surface area contributed by atoms with Crippen LogP contribution in [0.3, 0.4) is 0 Å². The fourth-order valence-electron chi connectivity index (χ4n) is 2.04. The van der Waals surface area contributed by atoms with Crippen molar-refractivity contribution in [3.05, 3.63) is 32.3 Å². The Morgan fingerprint density at radius 3 is 2.57 bits per heavy atom. The Hall–Kier alpha value is -1.86. The molecule has 1 heterocycles. The van der Waals surface area contributed by atoms with Crippen LogP contribution < -0.4 is 5.32 Å². The molecule has 0 aromatic heterocycles. The molecule has 0 bridgehead atoms. The maximum Gasteiger partial charge on any atom is 0.293 e. The van der Waals surface area contributed by atoms with E-state index in [-0.39, 0.29) is 40.2 Å². The van der Waals surface area contributed by atoms with E-state index in [0.29, 0.717) is 0 Å². The van der Waals surface area contributed by atoms with Crippen molar-refractivity contribution < 1.29 is 14.5 Å². The Bertz CT molecular complexity index is 635. The van der Waals surface area contributed by atoms with E-state index in [4.69, 9.17) is 23.2 Å². The number of nitro benzene ring substituents is 1. The first-order valence-corrected chi connectivity index (χ1v) is 6.77. The standard InChI is InChI=1S/C12H11Cl2N3O4/c1-16-11(18)3-2-8(12(16)19)15-9-4-6(13)7(14)5-10(9)17(20)21/h4-5,8,15H,2-3H2,1H3. The van der Waals surface area contributed by atoms with E-state index in [1.165, 1.54) is 13.1 Å². The van der Waals surface area contributed by atoms with Crippen LogP contribution in [0.5, 0.6) is 0 Å². The van der Waals surface area contributed by atoms with Gasteiger partial charge in [-0.05, 0) is 12.5 Å². The molecular weight excluding hydrogens is 321 g/mol. The number of nitrogens with zero attached hydrogens (tertiary/aromatic N) is 2. The topological polar surface area (TPSA) is 92.6 Å². The maximum atomic E-state index is 12.0. The molecule has 21 heavy (non-hydrogen) atoms. The second kappa shape index (κ2) is 5.87. The highest BCUT2D eigenvalue weighted by Crippen LogP contribution is 2.35. The van der Waals surface area contributed by atoms with Crippen molar-refractivity contribution in [1.82, 2.24) is 4.90 Å². The van der Waals surface area contributed by atoms with Gasteiger partial charge in [0.15, 0.2) is 0 Å². The van der Waals surface area contributed by atoms with Crippen LogP contribution in [0.2, 0.25) is 10.0 Å². The summed E-state index contributed by atoms with van der Waals surface area (Å²) in [6.07, 6.45) is 0.453. The zero-order valence-corrected chi connectivity index (χ0v) is 12.4. The molecule has 7 nitrogen and oxygen atoms in total. The summed E-state index contributed by atoms with van der Waals surface area (Å²) in [6.45, 7) is 0. The molecule has 0 saturated carbocycles. The molecule has 0 aliphatic carbocycles. The normalized spacial score (nSPS) is 18.8. The smallest absolute Gasteiger partial charge is 0.293 e. The molecule has 1 N–H and O–H groups in total. The van der Waals surface area contributed by atoms with Gasteiger partial charge in [0.1, 0.15) is 11.7 Å². The Balaban J connectivity index is 2.31. The minimum absolute atomic E-state index is 0.0520. The molecule has 0 radical (unpaired) electrons. The lowest BCUT2D eigenvalue weighted by Gasteiger charge is -2.28. The summed E-state index contributed by atoms with van der Waals surface area (Å²) in [6, 6.07) is 1.70. The number of rotatable bonds is 3. The number of carbonyl (C=O) groups is 2. The number of likely N-dealkylation sites (N-methyl/N-ethyl adjacent to an activating group) is 1. The number of benzene rings is 1. The molecule has 1 aromatic carbocycles. The van der Waals surface area contributed by atoms with Crippen LogP contribution in [0.1, 0.15) is 12.8 Å². The lowest BCUT2D eigenvalue weighted by molar-refractivity contribution is -0.384. The monoisotopic (exact) mass is 331 g/mol. The number of nitrogens with one attached hydrogen (secondary N) is 1. The Kier molecular flexibility index (Phi) is 4.34. The van der Waals surface area contributed by atoms with E-state index >= 15 is 0 Å². The Morgan fingerprint density at radius 2 is 1.95 bits per heavy atom. The highest BCUT2D eigenvalue weighted by molar-refractivity contribution is 6.42. The molecule has 1 atom stereocenters. The van der Waals surface area contributed by atoms with E-state index in [1.807, 2.05) is 0 Å². The van der Waals surface area contributed by atoms with Crippen molar-refractivity contribution in [2.24, 2.45) is 0 Å². The van der Waals surface area contributed by atoms with Crippen molar-refractivity contribution in [3.8, 4) is 0 Å². The van der Waals surface area contributed by atoms with Crippen LogP contribution in [0.4, 0.5) is 11.4 Å². The van der Waals surface area contributed by atoms with Crippen molar-refractivity contribution in [1.29, 1.82) is 0 Å². The number of imide groups is 1. The zero-order valence-electron chi connectivity index (χ0n) is 10.9. The Labute approximate surface area is 130 Å². The minimum atomic E-state index is -0.719. The maximum absolute atomic E-state index is 12.0. The van der Waals surface area contributed by atoms with Crippen molar-refractivity contribution in [2.45, 2.75) is 18.9 Å². The van der Waals surface area contributed by atoms with Gasteiger partial charge in [0, 0.05) is 19.5 Å². The highest BCUT2D eigenvalue weighted by Gasteiger charge is 2.33. The molecule has 1 unspecified atom stereocenters. The predicted octanol–water partition coefficient (Wildman–Crippen LogP) is 2.46. The number of anilines is 1. The number of hydrogen-bond acceptors (Lipinski definition) is 5. The van der Waals surface area contributed by atoms with E-state index in [1.54, 1.807) is 0 Å². The van der Waals surface area contributed by atoms with Gasteiger partial charge in [-0.15, -0.1) is 0 Å². The summed E-state index contributed by atoms with van der Waals surface area (Å²) in [5.74, 6) is -0.715. The van der Waals surface area contributed by atoms with Crippen molar-refractivity contribution in [2.75, 3.05) is 12.4 Å². The fraction of sp³-hybridized carbons (Fsp3) is 0.333. The van der Waals surface area contributed by atoms with Crippen LogP contribution in [0, 0.1) is 10.1 Å². The summed E-state index contributed by atoms with van der Waals surface area (Å²) >= 11 is 11.6. The summed E-state index contributed by atoms with van der Waals surface area (Å²) in [7, 11) is 1.38. The number of nitro groups is 1. The molecule has 9 heteroatoms. The first-order chi connectivity index (χ1) is 9.81. The summed E-state index contributed by atoms with van der Waals surface area (Å²) < 4.78 is 0. The first-order valence-electron chi connectivity index (χ1n) is 6.01. The third-order valence-corrected chi connectivity index (χ3v) is 3.94. The number of hydrogen-bond donors (Lipinski definition) is 1. The lowest BCUT2D eigenvalue weighted by Crippen LogP contribution is -2.48. The zero-order chi connectivity index (χ0) is 15.7. The predicted molar refractivity (Wildman–Crippen MR) is 77.5 cm³/mol. The molecule has 0 spiro atoms. The SMILES string of the molecule is CN1C(=O)CCC(Nc2cc(Cl)c(Cl)cc2[N+](=O)[O-])C1=O. The fourth-order valence-corrected chi connectivity index (χ4v) is 2.36. The lowest BCUT2D eigenvalue weighted by atomic mass is 10.0. The largest absolute Gasteiger partial charge is 0.368 e. The van der Waals surface area contributed by atoms with Crippen LogP contribution >= 0.6 is 23.2 Å². The van der Waals surface area contributed by atoms with Gasteiger partial charge in [-0.25, -0.2) is 0 Å². The van der Waals surface area contributed by atoms with Gasteiger partial charge in [-0.1, -0.05) is 23.2 Å². The van der Waals surface area contributed by atoms with Gasteiger partial charge in [0.25, 0.3) is 11.6 Å². The third kappa shape index (κ3) is 3.08. The molecule has 1 aliphatic heterocycles. The number of piperidine rings is 1. The number of halogens is 2. The minimum Gasteiger partial charge on any atom is -0.368 e. The quantitative estimate of drug-likeness (QED) is 0.521. The number of carbonyl (C=O) groups excluding carboxylic acids is 2. The molecular formula is C12H11Cl2N3O4. The average Bonchev–Trinajstić information content (AvgIpc) is 2.43. The second-order valence-electron chi connectivity index (χ2n) is 4.57. The molecule has 2 amide bonds. The molecule has 1 aliphatic rings. The van der Waals surface area contributed by atoms with E-state index in [9.17, 15) is 19.7 Å². The van der Waals surface area contributed by atoms with Crippen molar-refractivity contribution >= 4 is 46.4 Å². The third-order valence-electron chi connectivity index (χ3n) is 3.21. The molecule has 1 saturated heterocycles. The summed E-state index contributed by atoms with van der Waals surface area (Å²) in [4.78, 5) is 34.8.